The summed E-state index contributed by atoms with van der Waals surface area (Å²) in [4.78, 5) is 10.4. The van der Waals surface area contributed by atoms with Gasteiger partial charge in [0.05, 0.1) is 0 Å². The first-order chi connectivity index (χ1) is 6.99. The van der Waals surface area contributed by atoms with Gasteiger partial charge in [-0.3, -0.25) is 4.79 Å². The third-order valence-electron chi connectivity index (χ3n) is 2.29. The summed E-state index contributed by atoms with van der Waals surface area (Å²) in [5.41, 5.74) is 1.91. The van der Waals surface area contributed by atoms with E-state index in [0.717, 1.165) is 11.1 Å². The van der Waals surface area contributed by atoms with Gasteiger partial charge < -0.3 is 10.2 Å². The van der Waals surface area contributed by atoms with Gasteiger partial charge in [-0.25, -0.2) is 0 Å². The molecule has 0 radical (unpaired) electrons. The molecule has 1 aromatic carbocycles. The summed E-state index contributed by atoms with van der Waals surface area (Å²) in [6.07, 6.45) is 0.560. The van der Waals surface area contributed by atoms with E-state index in [1.54, 1.807) is 12.1 Å². The van der Waals surface area contributed by atoms with Gasteiger partial charge in [-0.1, -0.05) is 19.9 Å². The van der Waals surface area contributed by atoms with Crippen molar-refractivity contribution < 1.29 is 15.0 Å². The van der Waals surface area contributed by atoms with Crippen molar-refractivity contribution in [2.45, 2.75) is 32.6 Å². The fraction of sp³-hybridized carbons (Fsp3) is 0.417. The van der Waals surface area contributed by atoms with E-state index in [4.69, 9.17) is 5.11 Å². The molecule has 82 valence electrons. The van der Waals surface area contributed by atoms with Crippen LogP contribution in [0.2, 0.25) is 0 Å². The van der Waals surface area contributed by atoms with Crippen molar-refractivity contribution in [3.63, 3.8) is 0 Å². The quantitative estimate of drug-likeness (QED) is 0.799. The normalized spacial score (nSPS) is 10.6. The topological polar surface area (TPSA) is 57.5 Å². The second-order valence-electron chi connectivity index (χ2n) is 3.98. The molecule has 0 heterocycles. The highest BCUT2D eigenvalue weighted by Gasteiger charge is 2.05. The summed E-state index contributed by atoms with van der Waals surface area (Å²) >= 11 is 0. The Morgan fingerprint density at radius 2 is 2.00 bits per heavy atom. The van der Waals surface area contributed by atoms with Gasteiger partial charge in [0.1, 0.15) is 5.75 Å². The molecule has 1 aromatic rings. The van der Waals surface area contributed by atoms with Crippen LogP contribution in [0.3, 0.4) is 0 Å². The van der Waals surface area contributed by atoms with E-state index in [-0.39, 0.29) is 12.2 Å². The van der Waals surface area contributed by atoms with Gasteiger partial charge in [0.15, 0.2) is 0 Å². The van der Waals surface area contributed by atoms with E-state index < -0.39 is 5.97 Å². The fourth-order valence-electron chi connectivity index (χ4n) is 1.43. The van der Waals surface area contributed by atoms with Crippen LogP contribution in [0.1, 0.15) is 37.3 Å². The lowest BCUT2D eigenvalue weighted by Crippen LogP contribution is -1.98. The maximum atomic E-state index is 10.4. The predicted molar refractivity (Wildman–Crippen MR) is 58.2 cm³/mol. The number of aryl methyl sites for hydroxylation is 1. The molecule has 15 heavy (non-hydrogen) atoms. The van der Waals surface area contributed by atoms with E-state index in [0.29, 0.717) is 12.3 Å². The van der Waals surface area contributed by atoms with E-state index in [2.05, 4.69) is 0 Å². The zero-order chi connectivity index (χ0) is 11.4. The number of carbonyl (C=O) groups is 1. The minimum Gasteiger partial charge on any atom is -0.508 e. The number of phenols is 1. The number of benzene rings is 1. The van der Waals surface area contributed by atoms with Gasteiger partial charge in [-0.15, -0.1) is 0 Å². The van der Waals surface area contributed by atoms with Gasteiger partial charge in [-0.05, 0) is 35.6 Å². The van der Waals surface area contributed by atoms with Crippen LogP contribution in [0.15, 0.2) is 18.2 Å². The molecule has 0 spiro atoms. The molecule has 0 bridgehead atoms. The summed E-state index contributed by atoms with van der Waals surface area (Å²) in [6.45, 7) is 4.07. The van der Waals surface area contributed by atoms with E-state index in [1.165, 1.54) is 0 Å². The average Bonchev–Trinajstić information content (AvgIpc) is 2.13. The largest absolute Gasteiger partial charge is 0.508 e. The third kappa shape index (κ3) is 3.62. The lowest BCUT2D eigenvalue weighted by atomic mass is 9.98. The molecule has 0 saturated carbocycles. The van der Waals surface area contributed by atoms with E-state index >= 15 is 0 Å². The van der Waals surface area contributed by atoms with Gasteiger partial charge in [0.25, 0.3) is 0 Å². The number of carboxylic acid groups (broad SMARTS) is 1. The number of aliphatic carboxylic acids is 1. The van der Waals surface area contributed by atoms with Crippen molar-refractivity contribution in [2.24, 2.45) is 0 Å². The van der Waals surface area contributed by atoms with Crippen molar-refractivity contribution in [3.8, 4) is 5.75 Å². The molecular weight excluding hydrogens is 192 g/mol. The number of carboxylic acids is 1. The van der Waals surface area contributed by atoms with Crippen molar-refractivity contribution >= 4 is 5.97 Å². The van der Waals surface area contributed by atoms with Crippen molar-refractivity contribution in [1.29, 1.82) is 0 Å². The fourth-order valence-corrected chi connectivity index (χ4v) is 1.43. The van der Waals surface area contributed by atoms with Crippen LogP contribution in [0.25, 0.3) is 0 Å². The summed E-state index contributed by atoms with van der Waals surface area (Å²) in [5.74, 6) is -0.272. The van der Waals surface area contributed by atoms with Gasteiger partial charge >= 0.3 is 5.97 Å². The lowest BCUT2D eigenvalue weighted by Gasteiger charge is -2.08. The molecule has 3 nitrogen and oxygen atoms in total. The zero-order valence-electron chi connectivity index (χ0n) is 9.03. The standard InChI is InChI=1S/C12H16O3/c1-8(2)10-5-9(3-4-12(14)15)6-11(13)7-10/h5-8,13H,3-4H2,1-2H3,(H,14,15). The average molecular weight is 208 g/mol. The molecule has 0 fully saturated rings. The number of phenolic OH excluding ortho intramolecular Hbond substituents is 1. The zero-order valence-corrected chi connectivity index (χ0v) is 9.03. The lowest BCUT2D eigenvalue weighted by molar-refractivity contribution is -0.136. The number of aromatic hydroxyl groups is 1. The Bertz CT molecular complexity index is 356. The van der Waals surface area contributed by atoms with Gasteiger partial charge in [0, 0.05) is 6.42 Å². The molecule has 2 N–H and O–H groups in total. The Morgan fingerprint density at radius 1 is 1.33 bits per heavy atom. The number of hydrogen-bond donors (Lipinski definition) is 2. The molecule has 0 amide bonds. The summed E-state index contributed by atoms with van der Waals surface area (Å²) in [5, 5.41) is 18.0. The van der Waals surface area contributed by atoms with Gasteiger partial charge in [0.2, 0.25) is 0 Å². The van der Waals surface area contributed by atoms with Crippen LogP contribution in [0, 0.1) is 0 Å². The monoisotopic (exact) mass is 208 g/mol. The smallest absolute Gasteiger partial charge is 0.303 e. The third-order valence-corrected chi connectivity index (χ3v) is 2.29. The summed E-state index contributed by atoms with van der Waals surface area (Å²) in [7, 11) is 0. The van der Waals surface area contributed by atoms with Crippen molar-refractivity contribution in [2.75, 3.05) is 0 Å². The highest BCUT2D eigenvalue weighted by Crippen LogP contribution is 2.22. The summed E-state index contributed by atoms with van der Waals surface area (Å²) < 4.78 is 0. The highest BCUT2D eigenvalue weighted by atomic mass is 16.4. The molecule has 0 aliphatic carbocycles. The van der Waals surface area contributed by atoms with Crippen LogP contribution >= 0.6 is 0 Å². The molecule has 0 saturated heterocycles. The van der Waals surface area contributed by atoms with Crippen LogP contribution in [0.4, 0.5) is 0 Å². The molecular formula is C12H16O3. The van der Waals surface area contributed by atoms with Crippen LogP contribution < -0.4 is 0 Å². The maximum Gasteiger partial charge on any atom is 0.303 e. The van der Waals surface area contributed by atoms with Crippen molar-refractivity contribution in [3.05, 3.63) is 29.3 Å². The molecule has 0 aliphatic rings. The Kier molecular flexibility index (Phi) is 3.72. The minimum absolute atomic E-state index is 0.0982. The first-order valence-electron chi connectivity index (χ1n) is 5.03. The first kappa shape index (κ1) is 11.6. The highest BCUT2D eigenvalue weighted by molar-refractivity contribution is 5.67. The predicted octanol–water partition coefficient (Wildman–Crippen LogP) is 2.53. The van der Waals surface area contributed by atoms with Crippen molar-refractivity contribution in [1.82, 2.24) is 0 Å². The first-order valence-corrected chi connectivity index (χ1v) is 5.03. The van der Waals surface area contributed by atoms with Gasteiger partial charge in [-0.2, -0.15) is 0 Å². The molecule has 0 aliphatic heterocycles. The van der Waals surface area contributed by atoms with Crippen LogP contribution in [0.5, 0.6) is 5.75 Å². The molecule has 0 unspecified atom stereocenters. The minimum atomic E-state index is -0.815. The second-order valence-corrected chi connectivity index (χ2v) is 3.98. The molecule has 3 heteroatoms. The Labute approximate surface area is 89.4 Å². The Morgan fingerprint density at radius 3 is 2.53 bits per heavy atom. The molecule has 0 atom stereocenters. The Hall–Kier alpha value is -1.51. The Balaban J connectivity index is 2.84. The number of rotatable bonds is 4. The second kappa shape index (κ2) is 4.82. The number of hydrogen-bond acceptors (Lipinski definition) is 2. The molecule has 1 rings (SSSR count). The van der Waals surface area contributed by atoms with E-state index in [9.17, 15) is 9.90 Å². The van der Waals surface area contributed by atoms with Crippen LogP contribution in [-0.4, -0.2) is 16.2 Å². The van der Waals surface area contributed by atoms with Crippen LogP contribution in [-0.2, 0) is 11.2 Å². The summed E-state index contributed by atoms with van der Waals surface area (Å²) in [6, 6.07) is 5.29. The van der Waals surface area contributed by atoms with E-state index in [1.807, 2.05) is 19.9 Å². The molecule has 0 aromatic heterocycles. The maximum absolute atomic E-state index is 10.4. The SMILES string of the molecule is CC(C)c1cc(O)cc(CCC(=O)O)c1.